The number of fused-ring (bicyclic) bond motifs is 1. The highest BCUT2D eigenvalue weighted by molar-refractivity contribution is 5.86. The molecule has 1 amide bonds. The second-order valence-corrected chi connectivity index (χ2v) is 4.52. The number of nitrogens with zero attached hydrogens (tertiary/aromatic N) is 1. The molecule has 0 aliphatic carbocycles. The molecule has 3 nitrogen and oxygen atoms in total. The normalized spacial score (nSPS) is 17.5. The zero-order chi connectivity index (χ0) is 13.0. The Balaban J connectivity index is 2.24. The van der Waals surface area contributed by atoms with Crippen LogP contribution in [0.4, 0.5) is 5.69 Å². The first-order valence-electron chi connectivity index (χ1n) is 6.50. The first-order valence-corrected chi connectivity index (χ1v) is 6.50. The van der Waals surface area contributed by atoms with Crippen LogP contribution in [0.15, 0.2) is 36.9 Å². The minimum atomic E-state index is -0.0117. The molecule has 1 unspecified atom stereocenters. The van der Waals surface area contributed by atoms with Gasteiger partial charge < -0.3 is 10.2 Å². The molecule has 1 aromatic rings. The van der Waals surface area contributed by atoms with Crippen molar-refractivity contribution >= 4 is 11.6 Å². The highest BCUT2D eigenvalue weighted by atomic mass is 16.2. The van der Waals surface area contributed by atoms with Gasteiger partial charge in [-0.15, -0.1) is 6.58 Å². The summed E-state index contributed by atoms with van der Waals surface area (Å²) in [5.41, 5.74) is 2.22. The Morgan fingerprint density at radius 2 is 2.33 bits per heavy atom. The minimum Gasteiger partial charge on any atom is -0.385 e. The summed E-state index contributed by atoms with van der Waals surface area (Å²) in [6.07, 6.45) is 2.65. The van der Waals surface area contributed by atoms with Gasteiger partial charge in [-0.05, 0) is 25.0 Å². The SMILES string of the molecule is C=CCN(CC)C(=O)C1CCNc2ccccc21. The number of hydrogen-bond donors (Lipinski definition) is 1. The lowest BCUT2D eigenvalue weighted by Gasteiger charge is -2.30. The lowest BCUT2D eigenvalue weighted by atomic mass is 9.90. The van der Waals surface area contributed by atoms with Crippen LogP contribution >= 0.6 is 0 Å². The van der Waals surface area contributed by atoms with Crippen LogP contribution in [0.5, 0.6) is 0 Å². The van der Waals surface area contributed by atoms with Crippen molar-refractivity contribution in [2.24, 2.45) is 0 Å². The molecule has 1 aliphatic heterocycles. The van der Waals surface area contributed by atoms with Gasteiger partial charge in [-0.25, -0.2) is 0 Å². The number of rotatable bonds is 4. The van der Waals surface area contributed by atoms with E-state index in [9.17, 15) is 4.79 Å². The molecular formula is C15H20N2O. The molecule has 0 fully saturated rings. The van der Waals surface area contributed by atoms with Gasteiger partial charge in [0.25, 0.3) is 0 Å². The van der Waals surface area contributed by atoms with Gasteiger partial charge in [0.2, 0.25) is 5.91 Å². The van der Waals surface area contributed by atoms with Gasteiger partial charge in [0.05, 0.1) is 5.92 Å². The molecular weight excluding hydrogens is 224 g/mol. The number of likely N-dealkylation sites (N-methyl/N-ethyl adjacent to an activating group) is 1. The Labute approximate surface area is 108 Å². The monoisotopic (exact) mass is 244 g/mol. The van der Waals surface area contributed by atoms with E-state index < -0.39 is 0 Å². The highest BCUT2D eigenvalue weighted by Crippen LogP contribution is 2.32. The summed E-state index contributed by atoms with van der Waals surface area (Å²) < 4.78 is 0. The first-order chi connectivity index (χ1) is 8.77. The van der Waals surface area contributed by atoms with Crippen molar-refractivity contribution < 1.29 is 4.79 Å². The lowest BCUT2D eigenvalue weighted by Crippen LogP contribution is -2.37. The quantitative estimate of drug-likeness (QED) is 0.826. The van der Waals surface area contributed by atoms with E-state index in [4.69, 9.17) is 0 Å². The number of carbonyl (C=O) groups is 1. The molecule has 1 N–H and O–H groups in total. The Morgan fingerprint density at radius 3 is 3.06 bits per heavy atom. The highest BCUT2D eigenvalue weighted by Gasteiger charge is 2.28. The van der Waals surface area contributed by atoms with Gasteiger partial charge >= 0.3 is 0 Å². The van der Waals surface area contributed by atoms with E-state index in [-0.39, 0.29) is 11.8 Å². The topological polar surface area (TPSA) is 32.3 Å². The summed E-state index contributed by atoms with van der Waals surface area (Å²) in [6.45, 7) is 7.94. The molecule has 1 aliphatic rings. The molecule has 1 atom stereocenters. The predicted molar refractivity (Wildman–Crippen MR) is 74.7 cm³/mol. The maximum Gasteiger partial charge on any atom is 0.230 e. The smallest absolute Gasteiger partial charge is 0.230 e. The molecule has 3 heteroatoms. The predicted octanol–water partition coefficient (Wildman–Crippen LogP) is 2.62. The molecule has 0 bridgehead atoms. The Morgan fingerprint density at radius 1 is 1.56 bits per heavy atom. The molecule has 96 valence electrons. The van der Waals surface area contributed by atoms with E-state index in [1.54, 1.807) is 6.08 Å². The second-order valence-electron chi connectivity index (χ2n) is 4.52. The summed E-state index contributed by atoms with van der Waals surface area (Å²) in [5, 5.41) is 3.35. The Kier molecular flexibility index (Phi) is 4.03. The minimum absolute atomic E-state index is 0.0117. The van der Waals surface area contributed by atoms with E-state index in [1.807, 2.05) is 36.1 Å². The number of para-hydroxylation sites is 1. The van der Waals surface area contributed by atoms with Gasteiger partial charge in [-0.3, -0.25) is 4.79 Å². The van der Waals surface area contributed by atoms with E-state index >= 15 is 0 Å². The molecule has 0 saturated heterocycles. The van der Waals surface area contributed by atoms with Crippen LogP contribution in [0.25, 0.3) is 0 Å². The lowest BCUT2D eigenvalue weighted by molar-refractivity contribution is -0.132. The van der Waals surface area contributed by atoms with Crippen molar-refractivity contribution in [3.8, 4) is 0 Å². The summed E-state index contributed by atoms with van der Waals surface area (Å²) in [7, 11) is 0. The van der Waals surface area contributed by atoms with E-state index in [2.05, 4.69) is 11.9 Å². The molecule has 18 heavy (non-hydrogen) atoms. The standard InChI is InChI=1S/C15H20N2O/c1-3-11-17(4-2)15(18)13-9-10-16-14-8-6-5-7-12(13)14/h3,5-8,13,16H,1,4,9-11H2,2H3. The van der Waals surface area contributed by atoms with Gasteiger partial charge in [-0.1, -0.05) is 24.3 Å². The van der Waals surface area contributed by atoms with Crippen LogP contribution in [-0.2, 0) is 4.79 Å². The van der Waals surface area contributed by atoms with E-state index in [0.29, 0.717) is 6.54 Å². The molecule has 0 saturated carbocycles. The summed E-state index contributed by atoms with van der Waals surface area (Å²) in [6, 6.07) is 8.08. The first kappa shape index (κ1) is 12.7. The number of carbonyl (C=O) groups excluding carboxylic acids is 1. The van der Waals surface area contributed by atoms with Crippen LogP contribution in [0.2, 0.25) is 0 Å². The molecule has 0 radical (unpaired) electrons. The van der Waals surface area contributed by atoms with Crippen LogP contribution < -0.4 is 5.32 Å². The van der Waals surface area contributed by atoms with Crippen LogP contribution in [0, 0.1) is 0 Å². The average Bonchev–Trinajstić information content (AvgIpc) is 2.43. The maximum atomic E-state index is 12.5. The summed E-state index contributed by atoms with van der Waals surface area (Å²) in [5.74, 6) is 0.203. The van der Waals surface area contributed by atoms with Gasteiger partial charge in [0.15, 0.2) is 0 Å². The number of amides is 1. The molecule has 0 spiro atoms. The largest absolute Gasteiger partial charge is 0.385 e. The Bertz CT molecular complexity index is 442. The van der Waals surface area contributed by atoms with Gasteiger partial charge in [-0.2, -0.15) is 0 Å². The van der Waals surface area contributed by atoms with Crippen molar-refractivity contribution in [1.82, 2.24) is 4.90 Å². The van der Waals surface area contributed by atoms with Gasteiger partial charge in [0, 0.05) is 25.3 Å². The zero-order valence-corrected chi connectivity index (χ0v) is 10.9. The van der Waals surface area contributed by atoms with Crippen molar-refractivity contribution in [2.45, 2.75) is 19.3 Å². The third-order valence-corrected chi connectivity index (χ3v) is 3.43. The third kappa shape index (κ3) is 2.40. The van der Waals surface area contributed by atoms with Crippen molar-refractivity contribution in [3.05, 3.63) is 42.5 Å². The molecule has 0 aromatic heterocycles. The fourth-order valence-electron chi connectivity index (χ4n) is 2.48. The summed E-state index contributed by atoms with van der Waals surface area (Å²) >= 11 is 0. The fourth-order valence-corrected chi connectivity index (χ4v) is 2.48. The van der Waals surface area contributed by atoms with Crippen LogP contribution in [0.3, 0.4) is 0 Å². The van der Waals surface area contributed by atoms with Crippen LogP contribution in [-0.4, -0.2) is 30.4 Å². The van der Waals surface area contributed by atoms with Crippen molar-refractivity contribution in [3.63, 3.8) is 0 Å². The average molecular weight is 244 g/mol. The van der Waals surface area contributed by atoms with Crippen molar-refractivity contribution in [1.29, 1.82) is 0 Å². The number of benzene rings is 1. The fraction of sp³-hybridized carbons (Fsp3) is 0.400. The zero-order valence-electron chi connectivity index (χ0n) is 10.9. The third-order valence-electron chi connectivity index (χ3n) is 3.43. The molecule has 1 aromatic carbocycles. The van der Waals surface area contributed by atoms with Gasteiger partial charge in [0.1, 0.15) is 0 Å². The van der Waals surface area contributed by atoms with Crippen molar-refractivity contribution in [2.75, 3.05) is 25.0 Å². The maximum absolute atomic E-state index is 12.5. The summed E-state index contributed by atoms with van der Waals surface area (Å²) in [4.78, 5) is 14.4. The number of nitrogens with one attached hydrogen (secondary N) is 1. The van der Waals surface area contributed by atoms with Crippen LogP contribution in [0.1, 0.15) is 24.8 Å². The Hall–Kier alpha value is -1.77. The number of anilines is 1. The van der Waals surface area contributed by atoms with E-state index in [0.717, 1.165) is 30.8 Å². The molecule has 2 rings (SSSR count). The number of hydrogen-bond acceptors (Lipinski definition) is 2. The molecule has 1 heterocycles. The van der Waals surface area contributed by atoms with E-state index in [1.165, 1.54) is 0 Å². The second kappa shape index (κ2) is 5.71.